The van der Waals surface area contributed by atoms with Crippen LogP contribution in [0.15, 0.2) is 0 Å². The van der Waals surface area contributed by atoms with Crippen LogP contribution in [0.4, 0.5) is 0 Å². The smallest absolute Gasteiger partial charge is 0.132 e. The molecule has 3 nitrogen and oxygen atoms in total. The predicted molar refractivity (Wildman–Crippen MR) is 61.1 cm³/mol. The molecule has 0 unspecified atom stereocenters. The zero-order valence-electron chi connectivity index (χ0n) is 10.1. The Hall–Kier alpha value is -0.410. The summed E-state index contributed by atoms with van der Waals surface area (Å²) in [5.41, 5.74) is 0. The van der Waals surface area contributed by atoms with E-state index in [0.29, 0.717) is 13.0 Å². The van der Waals surface area contributed by atoms with Gasteiger partial charge in [-0.15, -0.1) is 0 Å². The van der Waals surface area contributed by atoms with Gasteiger partial charge in [-0.05, 0) is 32.6 Å². The summed E-state index contributed by atoms with van der Waals surface area (Å²) in [6.07, 6.45) is 4.95. The minimum absolute atomic E-state index is 0.197. The molecule has 0 aliphatic rings. The van der Waals surface area contributed by atoms with Crippen LogP contribution in [0.3, 0.4) is 0 Å². The molecule has 0 aromatic carbocycles. The maximum Gasteiger partial charge on any atom is 0.132 e. The topological polar surface area (TPSA) is 35.5 Å². The zero-order valence-corrected chi connectivity index (χ0v) is 10.1. The lowest BCUT2D eigenvalue weighted by Gasteiger charge is -2.03. The van der Waals surface area contributed by atoms with Gasteiger partial charge in [-0.3, -0.25) is 4.79 Å². The standard InChI is InChI=1S/C12H24O3/c1-3-8-14-9-5-4-6-10-15-11-7-12(2)13/h3-11H2,1-2H3. The molecule has 15 heavy (non-hydrogen) atoms. The van der Waals surface area contributed by atoms with Crippen LogP contribution < -0.4 is 0 Å². The van der Waals surface area contributed by atoms with Crippen LogP contribution in [0.1, 0.15) is 46.0 Å². The van der Waals surface area contributed by atoms with Crippen molar-refractivity contribution in [2.24, 2.45) is 0 Å². The minimum atomic E-state index is 0.197. The third-order valence-electron chi connectivity index (χ3n) is 2.02. The largest absolute Gasteiger partial charge is 0.381 e. The average molecular weight is 216 g/mol. The van der Waals surface area contributed by atoms with E-state index in [2.05, 4.69) is 6.92 Å². The molecule has 0 rings (SSSR count). The molecule has 0 saturated heterocycles. The Morgan fingerprint density at radius 1 is 0.933 bits per heavy atom. The first-order valence-electron chi connectivity index (χ1n) is 5.92. The first kappa shape index (κ1) is 14.6. The lowest BCUT2D eigenvalue weighted by Crippen LogP contribution is -2.02. The van der Waals surface area contributed by atoms with Crippen LogP contribution in [0.2, 0.25) is 0 Å². The van der Waals surface area contributed by atoms with Crippen molar-refractivity contribution >= 4 is 5.78 Å². The van der Waals surface area contributed by atoms with Crippen LogP contribution in [0.25, 0.3) is 0 Å². The summed E-state index contributed by atoms with van der Waals surface area (Å²) in [6, 6.07) is 0. The minimum Gasteiger partial charge on any atom is -0.381 e. The first-order valence-corrected chi connectivity index (χ1v) is 5.92. The van der Waals surface area contributed by atoms with Gasteiger partial charge >= 0.3 is 0 Å². The number of hydrogen-bond acceptors (Lipinski definition) is 3. The van der Waals surface area contributed by atoms with Gasteiger partial charge in [-0.25, -0.2) is 0 Å². The van der Waals surface area contributed by atoms with Gasteiger partial charge in [0.15, 0.2) is 0 Å². The van der Waals surface area contributed by atoms with E-state index in [-0.39, 0.29) is 5.78 Å². The van der Waals surface area contributed by atoms with Gasteiger partial charge in [0.2, 0.25) is 0 Å². The zero-order chi connectivity index (χ0) is 11.4. The summed E-state index contributed by atoms with van der Waals surface area (Å²) in [6.45, 7) is 6.77. The summed E-state index contributed by atoms with van der Waals surface area (Å²) in [5.74, 6) is 0.197. The van der Waals surface area contributed by atoms with E-state index in [1.807, 2.05) is 0 Å². The number of unbranched alkanes of at least 4 members (excludes halogenated alkanes) is 2. The molecule has 0 aromatic rings. The molecular weight excluding hydrogens is 192 g/mol. The van der Waals surface area contributed by atoms with Crippen molar-refractivity contribution < 1.29 is 14.3 Å². The fourth-order valence-electron chi connectivity index (χ4n) is 1.15. The number of hydrogen-bond donors (Lipinski definition) is 0. The fraction of sp³-hybridized carbons (Fsp3) is 0.917. The summed E-state index contributed by atoms with van der Waals surface area (Å²) >= 11 is 0. The summed E-state index contributed by atoms with van der Waals surface area (Å²) < 4.78 is 10.7. The molecule has 90 valence electrons. The Kier molecular flexibility index (Phi) is 11.3. The highest BCUT2D eigenvalue weighted by molar-refractivity contribution is 5.75. The van der Waals surface area contributed by atoms with Crippen LogP contribution in [0.5, 0.6) is 0 Å². The molecule has 0 bridgehead atoms. The molecule has 0 amide bonds. The highest BCUT2D eigenvalue weighted by atomic mass is 16.5. The number of Topliss-reactive ketones (excluding diaryl/α,β-unsaturated/α-hetero) is 1. The molecule has 0 aromatic heterocycles. The number of carbonyl (C=O) groups excluding carboxylic acids is 1. The molecule has 0 spiro atoms. The van der Waals surface area contributed by atoms with Crippen molar-refractivity contribution in [3.8, 4) is 0 Å². The van der Waals surface area contributed by atoms with Crippen molar-refractivity contribution in [2.45, 2.75) is 46.0 Å². The molecule has 3 heteroatoms. The highest BCUT2D eigenvalue weighted by Crippen LogP contribution is 1.97. The number of rotatable bonds is 11. The lowest BCUT2D eigenvalue weighted by atomic mass is 10.2. The SMILES string of the molecule is CCCOCCCCCOCCC(C)=O. The summed E-state index contributed by atoms with van der Waals surface area (Å²) in [7, 11) is 0. The van der Waals surface area contributed by atoms with Crippen LogP contribution in [0, 0.1) is 0 Å². The molecule has 0 saturated carbocycles. The van der Waals surface area contributed by atoms with E-state index in [1.165, 1.54) is 0 Å². The quantitative estimate of drug-likeness (QED) is 0.498. The van der Waals surface area contributed by atoms with Crippen molar-refractivity contribution in [1.82, 2.24) is 0 Å². The molecule has 0 atom stereocenters. The Morgan fingerprint density at radius 3 is 2.07 bits per heavy atom. The number of ether oxygens (including phenoxy) is 2. The van der Waals surface area contributed by atoms with Gasteiger partial charge < -0.3 is 9.47 Å². The van der Waals surface area contributed by atoms with E-state index in [0.717, 1.165) is 45.5 Å². The Morgan fingerprint density at radius 2 is 1.53 bits per heavy atom. The first-order chi connectivity index (χ1) is 7.27. The Bertz CT molecular complexity index is 146. The fourth-order valence-corrected chi connectivity index (χ4v) is 1.15. The van der Waals surface area contributed by atoms with Gasteiger partial charge in [0, 0.05) is 26.2 Å². The van der Waals surface area contributed by atoms with Gasteiger partial charge in [0.05, 0.1) is 6.61 Å². The van der Waals surface area contributed by atoms with Crippen molar-refractivity contribution in [2.75, 3.05) is 26.4 Å². The van der Waals surface area contributed by atoms with Crippen LogP contribution >= 0.6 is 0 Å². The molecule has 0 radical (unpaired) electrons. The molecule has 0 N–H and O–H groups in total. The third kappa shape index (κ3) is 13.6. The molecule has 0 aliphatic heterocycles. The van der Waals surface area contributed by atoms with E-state index in [9.17, 15) is 4.79 Å². The summed E-state index contributed by atoms with van der Waals surface area (Å²) in [4.78, 5) is 10.6. The predicted octanol–water partition coefficient (Wildman–Crippen LogP) is 2.58. The molecule has 0 aliphatic carbocycles. The second kappa shape index (κ2) is 11.7. The monoisotopic (exact) mass is 216 g/mol. The van der Waals surface area contributed by atoms with Gasteiger partial charge in [0.1, 0.15) is 5.78 Å². The lowest BCUT2D eigenvalue weighted by molar-refractivity contribution is -0.118. The second-order valence-corrected chi connectivity index (χ2v) is 3.74. The van der Waals surface area contributed by atoms with E-state index in [4.69, 9.17) is 9.47 Å². The van der Waals surface area contributed by atoms with Crippen molar-refractivity contribution in [1.29, 1.82) is 0 Å². The molecular formula is C12H24O3. The van der Waals surface area contributed by atoms with E-state index < -0.39 is 0 Å². The maximum absolute atomic E-state index is 10.6. The van der Waals surface area contributed by atoms with Crippen molar-refractivity contribution in [3.63, 3.8) is 0 Å². The highest BCUT2D eigenvalue weighted by Gasteiger charge is 1.94. The average Bonchev–Trinajstić information content (AvgIpc) is 2.20. The normalized spacial score (nSPS) is 10.5. The second-order valence-electron chi connectivity index (χ2n) is 3.74. The molecule has 0 fully saturated rings. The van der Waals surface area contributed by atoms with Gasteiger partial charge in [0.25, 0.3) is 0 Å². The van der Waals surface area contributed by atoms with Crippen LogP contribution in [-0.4, -0.2) is 32.2 Å². The van der Waals surface area contributed by atoms with E-state index in [1.54, 1.807) is 6.92 Å². The Balaban J connectivity index is 2.89. The van der Waals surface area contributed by atoms with Crippen LogP contribution in [-0.2, 0) is 14.3 Å². The maximum atomic E-state index is 10.6. The summed E-state index contributed by atoms with van der Waals surface area (Å²) in [5, 5.41) is 0. The van der Waals surface area contributed by atoms with Gasteiger partial charge in [-0.1, -0.05) is 6.92 Å². The van der Waals surface area contributed by atoms with Gasteiger partial charge in [-0.2, -0.15) is 0 Å². The molecule has 0 heterocycles. The third-order valence-corrected chi connectivity index (χ3v) is 2.02. The van der Waals surface area contributed by atoms with E-state index >= 15 is 0 Å². The number of ketones is 1. The van der Waals surface area contributed by atoms with Crippen molar-refractivity contribution in [3.05, 3.63) is 0 Å². The number of carbonyl (C=O) groups is 1. The Labute approximate surface area is 93.1 Å².